The molecular formula is C20H33N5O4. The van der Waals surface area contributed by atoms with Gasteiger partial charge in [0.15, 0.2) is 0 Å². The van der Waals surface area contributed by atoms with Crippen LogP contribution in [0.1, 0.15) is 52.4 Å². The van der Waals surface area contributed by atoms with Gasteiger partial charge in [0.05, 0.1) is 12.6 Å². The number of allylic oxidation sites excluding steroid dienone is 1. The standard InChI is InChI=1S/C20H33N5O4/c1-13(2)9-18(27)25-11-15(10-16(25)19(28)24(3)12-17(21)26)23-20(29)22-14-7-5-4-6-8-14/h9,14-16H,4-8,10-12H2,1-3H3,(H2,21,26)(H2,22,23,29)/t15-,16-/m0/s1. The van der Waals surface area contributed by atoms with Crippen molar-refractivity contribution in [2.75, 3.05) is 20.1 Å². The summed E-state index contributed by atoms with van der Waals surface area (Å²) in [6, 6.07) is -1.19. The summed E-state index contributed by atoms with van der Waals surface area (Å²) in [6.07, 6.45) is 7.14. The normalized spacial score (nSPS) is 22.0. The molecule has 2 fully saturated rings. The van der Waals surface area contributed by atoms with Gasteiger partial charge in [-0.3, -0.25) is 14.4 Å². The molecule has 29 heavy (non-hydrogen) atoms. The van der Waals surface area contributed by atoms with E-state index in [-0.39, 0.29) is 43.0 Å². The Hall–Kier alpha value is -2.58. The van der Waals surface area contributed by atoms with Crippen molar-refractivity contribution in [3.63, 3.8) is 0 Å². The van der Waals surface area contributed by atoms with Gasteiger partial charge in [-0.15, -0.1) is 0 Å². The van der Waals surface area contributed by atoms with Crippen molar-refractivity contribution in [3.05, 3.63) is 11.6 Å². The molecule has 5 amide bonds. The Morgan fingerprint density at radius 3 is 2.28 bits per heavy atom. The fourth-order valence-corrected chi connectivity index (χ4v) is 3.97. The highest BCUT2D eigenvalue weighted by Gasteiger charge is 2.41. The first-order valence-corrected chi connectivity index (χ1v) is 10.2. The Balaban J connectivity index is 2.04. The average molecular weight is 408 g/mol. The van der Waals surface area contributed by atoms with E-state index in [4.69, 9.17) is 5.73 Å². The number of nitrogens with two attached hydrogens (primary N) is 1. The van der Waals surface area contributed by atoms with Crippen molar-refractivity contribution in [3.8, 4) is 0 Å². The van der Waals surface area contributed by atoms with Crippen LogP contribution in [0.3, 0.4) is 0 Å². The minimum atomic E-state index is -0.748. The number of carbonyl (C=O) groups excluding carboxylic acids is 4. The minimum absolute atomic E-state index is 0.174. The van der Waals surface area contributed by atoms with Gasteiger partial charge in [0.1, 0.15) is 6.04 Å². The SMILES string of the molecule is CC(C)=CC(=O)N1C[C@@H](NC(=O)NC2CCCCC2)C[C@H]1C(=O)N(C)CC(N)=O. The number of carbonyl (C=O) groups is 4. The van der Waals surface area contributed by atoms with Crippen LogP contribution in [-0.4, -0.2) is 71.8 Å². The number of likely N-dealkylation sites (N-methyl/N-ethyl adjacent to an activating group) is 1. The van der Waals surface area contributed by atoms with E-state index in [1.54, 1.807) is 13.8 Å². The van der Waals surface area contributed by atoms with Crippen molar-refractivity contribution < 1.29 is 19.2 Å². The molecule has 1 heterocycles. The lowest BCUT2D eigenvalue weighted by molar-refractivity contribution is -0.142. The first-order chi connectivity index (χ1) is 13.7. The zero-order valence-corrected chi connectivity index (χ0v) is 17.6. The molecule has 0 radical (unpaired) electrons. The molecule has 0 unspecified atom stereocenters. The topological polar surface area (TPSA) is 125 Å². The Morgan fingerprint density at radius 2 is 1.69 bits per heavy atom. The monoisotopic (exact) mass is 407 g/mol. The van der Waals surface area contributed by atoms with Crippen LogP contribution in [0.5, 0.6) is 0 Å². The van der Waals surface area contributed by atoms with Crippen LogP contribution >= 0.6 is 0 Å². The van der Waals surface area contributed by atoms with Crippen LogP contribution in [0.4, 0.5) is 4.79 Å². The lowest BCUT2D eigenvalue weighted by atomic mass is 9.96. The van der Waals surface area contributed by atoms with Crippen LogP contribution in [0.25, 0.3) is 0 Å². The molecule has 0 aromatic rings. The molecule has 0 aromatic carbocycles. The first-order valence-electron chi connectivity index (χ1n) is 10.2. The van der Waals surface area contributed by atoms with E-state index in [0.29, 0.717) is 6.42 Å². The highest BCUT2D eigenvalue weighted by atomic mass is 16.2. The van der Waals surface area contributed by atoms with Crippen LogP contribution in [0.15, 0.2) is 11.6 Å². The van der Waals surface area contributed by atoms with Crippen LogP contribution in [0, 0.1) is 0 Å². The smallest absolute Gasteiger partial charge is 0.315 e. The molecule has 0 spiro atoms. The molecule has 0 aromatic heterocycles. The summed E-state index contributed by atoms with van der Waals surface area (Å²) >= 11 is 0. The summed E-state index contributed by atoms with van der Waals surface area (Å²) < 4.78 is 0. The van der Waals surface area contributed by atoms with E-state index in [0.717, 1.165) is 31.3 Å². The van der Waals surface area contributed by atoms with Crippen LogP contribution < -0.4 is 16.4 Å². The summed E-state index contributed by atoms with van der Waals surface area (Å²) in [5, 5.41) is 5.89. The molecule has 9 nitrogen and oxygen atoms in total. The van der Waals surface area contributed by atoms with Gasteiger partial charge in [0.25, 0.3) is 0 Å². The molecule has 1 saturated heterocycles. The van der Waals surface area contributed by atoms with Gasteiger partial charge in [-0.1, -0.05) is 24.8 Å². The maximum atomic E-state index is 12.8. The lowest BCUT2D eigenvalue weighted by Gasteiger charge is -2.26. The molecule has 2 atom stereocenters. The molecule has 1 aliphatic heterocycles. The van der Waals surface area contributed by atoms with E-state index in [1.807, 2.05) is 0 Å². The van der Waals surface area contributed by atoms with Gasteiger partial charge in [0, 0.05) is 25.7 Å². The van der Waals surface area contributed by atoms with Gasteiger partial charge < -0.3 is 26.2 Å². The second kappa shape index (κ2) is 10.3. The Kier molecular flexibility index (Phi) is 8.04. The van der Waals surface area contributed by atoms with Gasteiger partial charge >= 0.3 is 6.03 Å². The van der Waals surface area contributed by atoms with Gasteiger partial charge in [-0.25, -0.2) is 4.79 Å². The van der Waals surface area contributed by atoms with E-state index in [1.165, 1.54) is 29.3 Å². The van der Waals surface area contributed by atoms with E-state index < -0.39 is 11.9 Å². The zero-order chi connectivity index (χ0) is 21.6. The molecule has 0 bridgehead atoms. The largest absolute Gasteiger partial charge is 0.368 e. The Morgan fingerprint density at radius 1 is 1.07 bits per heavy atom. The fourth-order valence-electron chi connectivity index (χ4n) is 3.97. The molecule has 2 rings (SSSR count). The fraction of sp³-hybridized carbons (Fsp3) is 0.700. The van der Waals surface area contributed by atoms with Crippen molar-refractivity contribution in [2.24, 2.45) is 5.73 Å². The van der Waals surface area contributed by atoms with E-state index in [9.17, 15) is 19.2 Å². The molecule has 162 valence electrons. The first kappa shape index (κ1) is 22.7. The molecule has 2 aliphatic rings. The predicted molar refractivity (Wildman–Crippen MR) is 109 cm³/mol. The second-order valence-electron chi connectivity index (χ2n) is 8.27. The zero-order valence-electron chi connectivity index (χ0n) is 17.6. The Bertz CT molecular complexity index is 668. The molecule has 1 aliphatic carbocycles. The molecule has 1 saturated carbocycles. The number of amides is 5. The van der Waals surface area contributed by atoms with Gasteiger partial charge in [-0.2, -0.15) is 0 Å². The second-order valence-corrected chi connectivity index (χ2v) is 8.27. The number of hydrogen-bond acceptors (Lipinski definition) is 4. The number of likely N-dealkylation sites (tertiary alicyclic amines) is 1. The highest BCUT2D eigenvalue weighted by Crippen LogP contribution is 2.21. The van der Waals surface area contributed by atoms with Crippen LogP contribution in [-0.2, 0) is 14.4 Å². The van der Waals surface area contributed by atoms with Crippen molar-refractivity contribution in [2.45, 2.75) is 70.5 Å². The van der Waals surface area contributed by atoms with Gasteiger partial charge in [0.2, 0.25) is 17.7 Å². The quantitative estimate of drug-likeness (QED) is 0.554. The summed E-state index contributed by atoms with van der Waals surface area (Å²) in [6.45, 7) is 3.62. The summed E-state index contributed by atoms with van der Waals surface area (Å²) in [5.74, 6) is -1.27. The number of primary amides is 1. The summed E-state index contributed by atoms with van der Waals surface area (Å²) in [7, 11) is 1.48. The minimum Gasteiger partial charge on any atom is -0.368 e. The maximum Gasteiger partial charge on any atom is 0.315 e. The number of nitrogens with one attached hydrogen (secondary N) is 2. The van der Waals surface area contributed by atoms with E-state index in [2.05, 4.69) is 10.6 Å². The molecular weight excluding hydrogens is 374 g/mol. The van der Waals surface area contributed by atoms with Gasteiger partial charge in [-0.05, 0) is 33.1 Å². The lowest BCUT2D eigenvalue weighted by Crippen LogP contribution is -2.48. The number of nitrogens with zero attached hydrogens (tertiary/aromatic N) is 2. The predicted octanol–water partition coefficient (Wildman–Crippen LogP) is 0.498. The number of urea groups is 1. The molecule has 9 heteroatoms. The third-order valence-electron chi connectivity index (χ3n) is 5.33. The summed E-state index contributed by atoms with van der Waals surface area (Å²) in [4.78, 5) is 51.7. The van der Waals surface area contributed by atoms with Crippen molar-refractivity contribution in [1.29, 1.82) is 0 Å². The number of rotatable bonds is 6. The Labute approximate surface area is 172 Å². The third-order valence-corrected chi connectivity index (χ3v) is 5.33. The summed E-state index contributed by atoms with van der Waals surface area (Å²) in [5.41, 5.74) is 6.00. The van der Waals surface area contributed by atoms with Crippen molar-refractivity contribution in [1.82, 2.24) is 20.4 Å². The molecule has 4 N–H and O–H groups in total. The third kappa shape index (κ3) is 6.76. The van der Waals surface area contributed by atoms with E-state index >= 15 is 0 Å². The maximum absolute atomic E-state index is 12.8. The van der Waals surface area contributed by atoms with Crippen molar-refractivity contribution >= 4 is 23.8 Å². The highest BCUT2D eigenvalue weighted by molar-refractivity contribution is 5.95. The average Bonchev–Trinajstić information content (AvgIpc) is 3.04. The van der Waals surface area contributed by atoms with Crippen LogP contribution in [0.2, 0.25) is 0 Å². The number of hydrogen-bond donors (Lipinski definition) is 3.